The number of aliphatic hydroxyl groups excluding tert-OH is 1. The Morgan fingerprint density at radius 3 is 2.61 bits per heavy atom. The van der Waals surface area contributed by atoms with Crippen LogP contribution in [0.5, 0.6) is 0 Å². The smallest absolute Gasteiger partial charge is 0.313 e. The van der Waals surface area contributed by atoms with E-state index in [0.29, 0.717) is 19.6 Å². The summed E-state index contributed by atoms with van der Waals surface area (Å²) in [6.07, 6.45) is 10.6. The van der Waals surface area contributed by atoms with Crippen molar-refractivity contribution in [2.45, 2.75) is 57.7 Å². The average Bonchev–Trinajstić information content (AvgIpc) is 2.98. The van der Waals surface area contributed by atoms with Crippen molar-refractivity contribution < 1.29 is 24.1 Å². The molecule has 0 radical (unpaired) electrons. The summed E-state index contributed by atoms with van der Waals surface area (Å²) in [5.41, 5.74) is -0.681. The van der Waals surface area contributed by atoms with Crippen LogP contribution < -0.4 is 0 Å². The summed E-state index contributed by atoms with van der Waals surface area (Å²) >= 11 is 0. The third-order valence-corrected chi connectivity index (χ3v) is 5.94. The minimum Gasteiger partial charge on any atom is -0.463 e. The molecule has 2 atom stereocenters. The molecule has 5 nitrogen and oxygen atoms in total. The molecule has 3 rings (SSSR count). The minimum absolute atomic E-state index is 0.0741. The molecular formula is C18H28O5. The van der Waals surface area contributed by atoms with Crippen molar-refractivity contribution in [3.63, 3.8) is 0 Å². The quantitative estimate of drug-likeness (QED) is 0.622. The van der Waals surface area contributed by atoms with E-state index in [4.69, 9.17) is 19.3 Å². The van der Waals surface area contributed by atoms with E-state index in [1.54, 1.807) is 0 Å². The molecule has 1 aliphatic heterocycles. The zero-order valence-electron chi connectivity index (χ0n) is 14.0. The summed E-state index contributed by atoms with van der Waals surface area (Å²) in [5.74, 6) is -0.761. The summed E-state index contributed by atoms with van der Waals surface area (Å²) in [5, 5.41) is 9.01. The molecule has 5 heteroatoms. The Hall–Kier alpha value is -0.910. The number of carbonyl (C=O) groups is 1. The molecule has 2 fully saturated rings. The highest BCUT2D eigenvalue weighted by Gasteiger charge is 2.60. The molecule has 0 aromatic heterocycles. The van der Waals surface area contributed by atoms with Crippen LogP contribution in [0, 0.1) is 10.8 Å². The molecule has 1 N–H and O–H groups in total. The maximum atomic E-state index is 12.9. The highest BCUT2D eigenvalue weighted by atomic mass is 16.7. The van der Waals surface area contributed by atoms with Gasteiger partial charge in [-0.3, -0.25) is 4.79 Å². The summed E-state index contributed by atoms with van der Waals surface area (Å²) in [6, 6.07) is 0. The number of carbonyl (C=O) groups excluding carboxylic acids is 1. The predicted octanol–water partition coefficient (Wildman–Crippen LogP) is 2.57. The zero-order valence-corrected chi connectivity index (χ0v) is 14.0. The maximum absolute atomic E-state index is 12.9. The van der Waals surface area contributed by atoms with Crippen LogP contribution in [0.2, 0.25) is 0 Å². The van der Waals surface area contributed by atoms with Gasteiger partial charge in [-0.05, 0) is 38.0 Å². The number of esters is 1. The van der Waals surface area contributed by atoms with Gasteiger partial charge in [-0.2, -0.15) is 0 Å². The van der Waals surface area contributed by atoms with Gasteiger partial charge in [-0.1, -0.05) is 25.0 Å². The molecule has 1 heterocycles. The van der Waals surface area contributed by atoms with E-state index in [1.807, 2.05) is 6.92 Å². The van der Waals surface area contributed by atoms with E-state index in [2.05, 4.69) is 12.2 Å². The molecule has 0 aromatic carbocycles. The van der Waals surface area contributed by atoms with Gasteiger partial charge in [-0.25, -0.2) is 0 Å². The monoisotopic (exact) mass is 324 g/mol. The molecule has 23 heavy (non-hydrogen) atoms. The summed E-state index contributed by atoms with van der Waals surface area (Å²) in [4.78, 5) is 12.9. The first kappa shape index (κ1) is 16.9. The number of hydrogen-bond acceptors (Lipinski definition) is 5. The SMILES string of the molecule is CC1(C[C@]23CC=CC[C@]2(C(=O)OCCO)CCCC3)OCCO1. The minimum atomic E-state index is -0.606. The van der Waals surface area contributed by atoms with Crippen LogP contribution in [0.1, 0.15) is 51.9 Å². The predicted molar refractivity (Wildman–Crippen MR) is 84.7 cm³/mol. The van der Waals surface area contributed by atoms with Crippen molar-refractivity contribution in [3.8, 4) is 0 Å². The first-order chi connectivity index (χ1) is 11.1. The number of ether oxygens (including phenoxy) is 3. The largest absolute Gasteiger partial charge is 0.463 e. The van der Waals surface area contributed by atoms with Gasteiger partial charge in [0.1, 0.15) is 6.61 Å². The molecule has 1 saturated heterocycles. The Kier molecular flexibility index (Phi) is 4.81. The van der Waals surface area contributed by atoms with Gasteiger partial charge in [0.05, 0.1) is 25.2 Å². The number of rotatable bonds is 5. The van der Waals surface area contributed by atoms with Gasteiger partial charge in [-0.15, -0.1) is 0 Å². The van der Waals surface area contributed by atoms with E-state index in [1.165, 1.54) is 0 Å². The van der Waals surface area contributed by atoms with Gasteiger partial charge in [0.2, 0.25) is 0 Å². The third-order valence-electron chi connectivity index (χ3n) is 5.94. The fraction of sp³-hybridized carbons (Fsp3) is 0.833. The molecule has 0 spiro atoms. The van der Waals surface area contributed by atoms with Crippen molar-refractivity contribution in [2.24, 2.45) is 10.8 Å². The van der Waals surface area contributed by atoms with Gasteiger partial charge in [0.25, 0.3) is 0 Å². The molecule has 2 aliphatic carbocycles. The van der Waals surface area contributed by atoms with Crippen LogP contribution in [0.15, 0.2) is 12.2 Å². The van der Waals surface area contributed by atoms with Crippen LogP contribution in [0.4, 0.5) is 0 Å². The lowest BCUT2D eigenvalue weighted by Gasteiger charge is -2.55. The highest BCUT2D eigenvalue weighted by molar-refractivity contribution is 5.79. The van der Waals surface area contributed by atoms with Crippen molar-refractivity contribution in [1.82, 2.24) is 0 Å². The number of hydrogen-bond donors (Lipinski definition) is 1. The molecular weight excluding hydrogens is 296 g/mol. The first-order valence-electron chi connectivity index (χ1n) is 8.77. The molecule has 1 saturated carbocycles. The highest BCUT2D eigenvalue weighted by Crippen LogP contribution is 2.61. The lowest BCUT2D eigenvalue weighted by atomic mass is 9.49. The fourth-order valence-corrected chi connectivity index (χ4v) is 4.89. The summed E-state index contributed by atoms with van der Waals surface area (Å²) < 4.78 is 17.1. The number of aliphatic hydroxyl groups is 1. The van der Waals surface area contributed by atoms with E-state index < -0.39 is 11.2 Å². The van der Waals surface area contributed by atoms with Crippen LogP contribution in [-0.4, -0.2) is 43.3 Å². The van der Waals surface area contributed by atoms with E-state index in [0.717, 1.165) is 38.5 Å². The Labute approximate surface area is 138 Å². The van der Waals surface area contributed by atoms with E-state index >= 15 is 0 Å². The molecule has 0 unspecified atom stereocenters. The fourth-order valence-electron chi connectivity index (χ4n) is 4.89. The Bertz CT molecular complexity index is 468. The summed E-state index contributed by atoms with van der Waals surface area (Å²) in [7, 11) is 0. The number of fused-ring (bicyclic) bond motifs is 1. The maximum Gasteiger partial charge on any atom is 0.313 e. The first-order valence-corrected chi connectivity index (χ1v) is 8.77. The average molecular weight is 324 g/mol. The summed E-state index contributed by atoms with van der Waals surface area (Å²) in [6.45, 7) is 3.17. The van der Waals surface area contributed by atoms with Gasteiger partial charge < -0.3 is 19.3 Å². The Balaban J connectivity index is 1.91. The van der Waals surface area contributed by atoms with Crippen LogP contribution in [0.3, 0.4) is 0 Å². The van der Waals surface area contributed by atoms with E-state index in [9.17, 15) is 4.79 Å². The van der Waals surface area contributed by atoms with Crippen LogP contribution in [0.25, 0.3) is 0 Å². The molecule has 0 bridgehead atoms. The van der Waals surface area contributed by atoms with E-state index in [-0.39, 0.29) is 24.6 Å². The third kappa shape index (κ3) is 2.94. The number of allylic oxidation sites excluding steroid dienone is 2. The lowest BCUT2D eigenvalue weighted by Crippen LogP contribution is -2.54. The second-order valence-corrected chi connectivity index (χ2v) is 7.32. The standard InChI is InChI=1S/C18H28O5/c1-16(22-12-13-23-16)14-17-6-2-4-8-18(17,9-5-3-7-17)15(20)21-11-10-19/h2,4,19H,3,5-14H2,1H3/t17-,18-/m1/s1. The van der Waals surface area contributed by atoms with Crippen molar-refractivity contribution in [3.05, 3.63) is 12.2 Å². The van der Waals surface area contributed by atoms with Crippen molar-refractivity contribution >= 4 is 5.97 Å². The second kappa shape index (κ2) is 6.54. The van der Waals surface area contributed by atoms with Crippen LogP contribution in [-0.2, 0) is 19.0 Å². The van der Waals surface area contributed by atoms with Gasteiger partial charge in [0, 0.05) is 6.42 Å². The lowest BCUT2D eigenvalue weighted by molar-refractivity contribution is -0.204. The second-order valence-electron chi connectivity index (χ2n) is 7.32. The zero-order chi connectivity index (χ0) is 16.4. The van der Waals surface area contributed by atoms with Crippen molar-refractivity contribution in [1.29, 1.82) is 0 Å². The topological polar surface area (TPSA) is 65.0 Å². The van der Waals surface area contributed by atoms with Gasteiger partial charge >= 0.3 is 5.97 Å². The Morgan fingerprint density at radius 1 is 1.17 bits per heavy atom. The van der Waals surface area contributed by atoms with Crippen molar-refractivity contribution in [2.75, 3.05) is 26.4 Å². The van der Waals surface area contributed by atoms with Crippen LogP contribution >= 0.6 is 0 Å². The van der Waals surface area contributed by atoms with Gasteiger partial charge in [0.15, 0.2) is 5.79 Å². The Morgan fingerprint density at radius 2 is 1.87 bits per heavy atom. The normalized spacial score (nSPS) is 35.7. The molecule has 130 valence electrons. The molecule has 0 amide bonds. The molecule has 0 aromatic rings. The molecule has 3 aliphatic rings.